The molecule has 1 aromatic carbocycles. The van der Waals surface area contributed by atoms with Gasteiger partial charge in [-0.05, 0) is 42.9 Å². The lowest BCUT2D eigenvalue weighted by Crippen LogP contribution is -2.33. The van der Waals surface area contributed by atoms with Crippen LogP contribution in [-0.2, 0) is 4.79 Å². The van der Waals surface area contributed by atoms with Crippen LogP contribution < -0.4 is 4.74 Å². The van der Waals surface area contributed by atoms with Gasteiger partial charge < -0.3 is 9.64 Å². The molecule has 0 saturated heterocycles. The number of nitrogens with zero attached hydrogens (tertiary/aromatic N) is 2. The topological polar surface area (TPSA) is 42.4 Å². The Morgan fingerprint density at radius 1 is 1.48 bits per heavy atom. The van der Waals surface area contributed by atoms with Crippen LogP contribution in [-0.4, -0.2) is 28.9 Å². The first kappa shape index (κ1) is 18.2. The number of benzene rings is 1. The number of hydrogen-bond donors (Lipinski definition) is 0. The summed E-state index contributed by atoms with van der Waals surface area (Å²) in [7, 11) is 0. The molecule has 1 aliphatic carbocycles. The second-order valence-corrected chi connectivity index (χ2v) is 8.51. The number of hydrogen-bond acceptors (Lipinski definition) is 4. The van der Waals surface area contributed by atoms with E-state index in [9.17, 15) is 4.79 Å². The number of aromatic nitrogens is 1. The van der Waals surface area contributed by atoms with Gasteiger partial charge in [0.25, 0.3) is 11.1 Å². The number of halogens is 1. The van der Waals surface area contributed by atoms with E-state index in [-0.39, 0.29) is 17.9 Å². The highest BCUT2D eigenvalue weighted by Gasteiger charge is 2.34. The maximum atomic E-state index is 12.6. The largest absolute Gasteiger partial charge is 0.460 e. The molecule has 3 rings (SSSR count). The maximum absolute atomic E-state index is 12.6. The van der Waals surface area contributed by atoms with Gasteiger partial charge in [-0.15, -0.1) is 0 Å². The van der Waals surface area contributed by atoms with Crippen molar-refractivity contribution in [3.63, 3.8) is 0 Å². The van der Waals surface area contributed by atoms with E-state index in [1.807, 2.05) is 24.0 Å². The molecule has 1 amide bonds. The summed E-state index contributed by atoms with van der Waals surface area (Å²) in [6.07, 6.45) is 3.14. The van der Waals surface area contributed by atoms with Crippen molar-refractivity contribution in [2.75, 3.05) is 13.2 Å². The lowest BCUT2D eigenvalue weighted by atomic mass is 9.84. The summed E-state index contributed by atoms with van der Waals surface area (Å²) in [5.74, 6) is 0.496. The number of likely N-dealkylation sites (N-methyl/N-ethyl adjacent to an activating group) is 1. The molecule has 0 spiro atoms. The van der Waals surface area contributed by atoms with Gasteiger partial charge in [-0.2, -0.15) is 0 Å². The van der Waals surface area contributed by atoms with E-state index in [1.165, 1.54) is 11.3 Å². The third kappa shape index (κ3) is 3.82. The van der Waals surface area contributed by atoms with E-state index in [4.69, 9.17) is 16.3 Å². The fourth-order valence-electron chi connectivity index (χ4n) is 3.08. The smallest absolute Gasteiger partial charge is 0.274 e. The second kappa shape index (κ2) is 6.96. The summed E-state index contributed by atoms with van der Waals surface area (Å²) in [5.41, 5.74) is 2.02. The number of allylic oxidation sites excluding steroid dienone is 2. The summed E-state index contributed by atoms with van der Waals surface area (Å²) in [6, 6.07) is 5.54. The van der Waals surface area contributed by atoms with Gasteiger partial charge in [-0.3, -0.25) is 4.79 Å². The fourth-order valence-corrected chi connectivity index (χ4v) is 4.04. The molecule has 2 aromatic rings. The van der Waals surface area contributed by atoms with Gasteiger partial charge in [0.05, 0.1) is 10.2 Å². The van der Waals surface area contributed by atoms with E-state index in [1.54, 1.807) is 6.07 Å². The van der Waals surface area contributed by atoms with Gasteiger partial charge in [0.15, 0.2) is 6.61 Å². The van der Waals surface area contributed by atoms with Gasteiger partial charge >= 0.3 is 0 Å². The van der Waals surface area contributed by atoms with E-state index in [2.05, 4.69) is 31.8 Å². The third-order valence-electron chi connectivity index (χ3n) is 4.94. The lowest BCUT2D eigenvalue weighted by molar-refractivity contribution is -0.131. The summed E-state index contributed by atoms with van der Waals surface area (Å²) >= 11 is 7.40. The van der Waals surface area contributed by atoms with Crippen LogP contribution in [0.5, 0.6) is 5.19 Å². The molecule has 1 atom stereocenters. The van der Waals surface area contributed by atoms with Gasteiger partial charge in [0.1, 0.15) is 0 Å². The van der Waals surface area contributed by atoms with Crippen molar-refractivity contribution >= 4 is 39.1 Å². The molecule has 0 aliphatic heterocycles. The first-order valence-corrected chi connectivity index (χ1v) is 9.70. The Morgan fingerprint density at radius 3 is 2.88 bits per heavy atom. The average Bonchev–Trinajstić information content (AvgIpc) is 3.06. The van der Waals surface area contributed by atoms with Crippen molar-refractivity contribution in [3.8, 4) is 5.19 Å². The fraction of sp³-hybridized carbons (Fsp3) is 0.474. The first-order valence-electron chi connectivity index (χ1n) is 8.51. The average molecular weight is 379 g/mol. The standard InChI is InChI=1S/C19H23ClN2O2S/c1-5-22(14-8-12(2)19(3,4)10-14)17(23)11-24-18-21-15-9-13(20)6-7-16(15)25-18/h6-7,9-10,12H,5,8,11H2,1-4H3. The summed E-state index contributed by atoms with van der Waals surface area (Å²) in [5, 5.41) is 1.14. The molecule has 1 aromatic heterocycles. The highest BCUT2D eigenvalue weighted by atomic mass is 35.5. The van der Waals surface area contributed by atoms with Crippen molar-refractivity contribution < 1.29 is 9.53 Å². The molecular weight excluding hydrogens is 356 g/mol. The quantitative estimate of drug-likeness (QED) is 0.724. The minimum Gasteiger partial charge on any atom is -0.460 e. The van der Waals surface area contributed by atoms with Crippen LogP contribution in [0.2, 0.25) is 5.02 Å². The molecule has 4 nitrogen and oxygen atoms in total. The van der Waals surface area contributed by atoms with Crippen LogP contribution in [0.1, 0.15) is 34.1 Å². The number of amides is 1. The van der Waals surface area contributed by atoms with Crippen LogP contribution in [0, 0.1) is 11.3 Å². The monoisotopic (exact) mass is 378 g/mol. The van der Waals surface area contributed by atoms with E-state index >= 15 is 0 Å². The highest BCUT2D eigenvalue weighted by Crippen LogP contribution is 2.41. The van der Waals surface area contributed by atoms with Crippen molar-refractivity contribution in [2.45, 2.75) is 34.1 Å². The van der Waals surface area contributed by atoms with E-state index < -0.39 is 0 Å². The minimum absolute atomic E-state index is 0.00641. The number of carbonyl (C=O) groups is 1. The van der Waals surface area contributed by atoms with Crippen LogP contribution in [0.25, 0.3) is 10.2 Å². The van der Waals surface area contributed by atoms with Crippen molar-refractivity contribution in [1.82, 2.24) is 9.88 Å². The van der Waals surface area contributed by atoms with Crippen LogP contribution in [0.4, 0.5) is 0 Å². The van der Waals surface area contributed by atoms with Crippen molar-refractivity contribution in [3.05, 3.63) is 35.0 Å². The molecule has 1 unspecified atom stereocenters. The molecule has 0 bridgehead atoms. The molecule has 134 valence electrons. The number of carbonyl (C=O) groups excluding carboxylic acids is 1. The number of rotatable bonds is 5. The highest BCUT2D eigenvalue weighted by molar-refractivity contribution is 7.20. The number of fused-ring (bicyclic) bond motifs is 1. The SMILES string of the molecule is CCN(C(=O)COc1nc2cc(Cl)ccc2s1)C1=CC(C)(C)C(C)C1. The molecule has 1 heterocycles. The van der Waals surface area contributed by atoms with Crippen molar-refractivity contribution in [2.24, 2.45) is 11.3 Å². The summed E-state index contributed by atoms with van der Waals surface area (Å²) in [6.45, 7) is 9.29. The van der Waals surface area contributed by atoms with Crippen LogP contribution >= 0.6 is 22.9 Å². The predicted molar refractivity (Wildman–Crippen MR) is 103 cm³/mol. The van der Waals surface area contributed by atoms with Gasteiger partial charge in [0.2, 0.25) is 0 Å². The molecule has 25 heavy (non-hydrogen) atoms. The van der Waals surface area contributed by atoms with Crippen molar-refractivity contribution in [1.29, 1.82) is 0 Å². The normalized spacial score (nSPS) is 19.1. The zero-order valence-electron chi connectivity index (χ0n) is 15.0. The van der Waals surface area contributed by atoms with E-state index in [0.717, 1.165) is 22.3 Å². The van der Waals surface area contributed by atoms with Crippen LogP contribution in [0.3, 0.4) is 0 Å². The molecule has 0 saturated carbocycles. The summed E-state index contributed by atoms with van der Waals surface area (Å²) < 4.78 is 6.65. The van der Waals surface area contributed by atoms with Gasteiger partial charge in [-0.25, -0.2) is 4.98 Å². The summed E-state index contributed by atoms with van der Waals surface area (Å²) in [4.78, 5) is 18.9. The van der Waals surface area contributed by atoms with Gasteiger partial charge in [-0.1, -0.05) is 49.8 Å². The number of thiazole rings is 1. The Bertz CT molecular complexity index is 828. The molecule has 0 radical (unpaired) electrons. The predicted octanol–water partition coefficient (Wildman–Crippen LogP) is 5.13. The maximum Gasteiger partial charge on any atom is 0.274 e. The molecule has 0 N–H and O–H groups in total. The zero-order valence-corrected chi connectivity index (χ0v) is 16.6. The zero-order chi connectivity index (χ0) is 18.2. The molecule has 1 aliphatic rings. The minimum atomic E-state index is -0.0315. The van der Waals surface area contributed by atoms with Crippen LogP contribution in [0.15, 0.2) is 30.0 Å². The molecule has 0 fully saturated rings. The Labute approximate surface area is 157 Å². The molecular formula is C19H23ClN2O2S. The Kier molecular flexibility index (Phi) is 5.07. The lowest BCUT2D eigenvalue weighted by Gasteiger charge is -2.22. The van der Waals surface area contributed by atoms with Gasteiger partial charge in [0, 0.05) is 17.3 Å². The Morgan fingerprint density at radius 2 is 2.24 bits per heavy atom. The second-order valence-electron chi connectivity index (χ2n) is 7.08. The third-order valence-corrected chi connectivity index (χ3v) is 6.12. The Balaban J connectivity index is 1.68. The number of ether oxygens (including phenoxy) is 1. The first-order chi connectivity index (χ1) is 11.8. The molecule has 6 heteroatoms. The Hall–Kier alpha value is -1.59. The van der Waals surface area contributed by atoms with E-state index in [0.29, 0.717) is 22.7 Å².